The Morgan fingerprint density at radius 3 is 2.37 bits per heavy atom. The molecule has 2 heterocycles. The molecule has 2 aliphatic rings. The third-order valence-electron chi connectivity index (χ3n) is 6.33. The van der Waals surface area contributed by atoms with E-state index in [-0.39, 0.29) is 10.3 Å². The van der Waals surface area contributed by atoms with Crippen LogP contribution in [0.25, 0.3) is 0 Å². The van der Waals surface area contributed by atoms with E-state index >= 15 is 0 Å². The lowest BCUT2D eigenvalue weighted by atomic mass is 9.80. The second kappa shape index (κ2) is 6.82. The Labute approximate surface area is 186 Å². The summed E-state index contributed by atoms with van der Waals surface area (Å²) in [6.45, 7) is 8.07. The molecule has 2 aromatic carbocycles. The zero-order chi connectivity index (χ0) is 22.1. The van der Waals surface area contributed by atoms with Crippen molar-refractivity contribution in [3.63, 3.8) is 0 Å². The molecule has 0 unspecified atom stereocenters. The van der Waals surface area contributed by atoms with Gasteiger partial charge in [0.1, 0.15) is 5.75 Å². The fourth-order valence-electron chi connectivity index (χ4n) is 4.41. The zero-order valence-corrected chi connectivity index (χ0v) is 20.2. The molecule has 4 rings (SSSR count). The van der Waals surface area contributed by atoms with Crippen LogP contribution < -0.4 is 4.74 Å². The molecule has 3 atom stereocenters. The quantitative estimate of drug-likeness (QED) is 0.613. The number of hydrogen-bond acceptors (Lipinski definition) is 4. The molecular formula is C23H26BrNO4S. The number of piperidine rings is 1. The molecule has 2 aromatic rings. The lowest BCUT2D eigenvalue weighted by molar-refractivity contribution is -0.159. The highest BCUT2D eigenvalue weighted by Gasteiger charge is 2.57. The molecule has 30 heavy (non-hydrogen) atoms. The Hall–Kier alpha value is -1.86. The topological polar surface area (TPSA) is 63.7 Å². The summed E-state index contributed by atoms with van der Waals surface area (Å²) < 4.78 is 34.4. The number of amides is 1. The zero-order valence-electron chi connectivity index (χ0n) is 17.8. The van der Waals surface area contributed by atoms with Gasteiger partial charge in [0.2, 0.25) is 5.91 Å². The highest BCUT2D eigenvalue weighted by atomic mass is 79.9. The number of carbonyl (C=O) groups excluding carboxylic acids is 1. The highest BCUT2D eigenvalue weighted by molar-refractivity contribution is 9.10. The molecular weight excluding hydrogens is 466 g/mol. The van der Waals surface area contributed by atoms with Crippen LogP contribution in [0.1, 0.15) is 51.2 Å². The van der Waals surface area contributed by atoms with E-state index in [0.29, 0.717) is 12.2 Å². The highest BCUT2D eigenvalue weighted by Crippen LogP contribution is 2.50. The van der Waals surface area contributed by atoms with Crippen LogP contribution in [0.15, 0.2) is 51.8 Å². The van der Waals surface area contributed by atoms with Crippen molar-refractivity contribution in [1.82, 2.24) is 4.90 Å². The van der Waals surface area contributed by atoms with Crippen LogP contribution in [0, 0.1) is 0 Å². The Bertz CT molecular complexity index is 1120. The van der Waals surface area contributed by atoms with Gasteiger partial charge in [-0.1, -0.05) is 48.8 Å². The second-order valence-electron chi connectivity index (χ2n) is 9.41. The summed E-state index contributed by atoms with van der Waals surface area (Å²) in [4.78, 5) is 15.0. The number of rotatable bonds is 2. The first-order valence-electron chi connectivity index (χ1n) is 9.95. The maximum absolute atomic E-state index is 13.7. The number of ether oxygens (including phenoxy) is 1. The standard InChI is InChI=1S/C23H26BrNO4S/c1-22(2,3)14-6-9-16(10-7-14)30(27,28)20-18-13-23(4,25(5)21(20)26)29-19-11-8-15(24)12-17(18)19/h6-12,18,20H,13H2,1-5H3/t18-,20+,23-/m1/s1. The summed E-state index contributed by atoms with van der Waals surface area (Å²) >= 11 is 3.46. The van der Waals surface area contributed by atoms with Gasteiger partial charge in [-0.3, -0.25) is 4.79 Å². The van der Waals surface area contributed by atoms with Gasteiger partial charge in [0, 0.05) is 29.4 Å². The number of benzene rings is 2. The van der Waals surface area contributed by atoms with E-state index < -0.39 is 32.6 Å². The smallest absolute Gasteiger partial charge is 0.244 e. The van der Waals surface area contributed by atoms with Crippen LogP contribution in [0.5, 0.6) is 5.75 Å². The van der Waals surface area contributed by atoms with Gasteiger partial charge in [0.25, 0.3) is 0 Å². The maximum Gasteiger partial charge on any atom is 0.244 e. The molecule has 0 N–H and O–H groups in total. The van der Waals surface area contributed by atoms with Crippen LogP contribution in [0.4, 0.5) is 0 Å². The van der Waals surface area contributed by atoms with E-state index in [0.717, 1.165) is 15.6 Å². The van der Waals surface area contributed by atoms with E-state index in [2.05, 4.69) is 36.7 Å². The van der Waals surface area contributed by atoms with Gasteiger partial charge < -0.3 is 9.64 Å². The van der Waals surface area contributed by atoms with Gasteiger partial charge in [0.15, 0.2) is 20.8 Å². The first kappa shape index (κ1) is 21.4. The Morgan fingerprint density at radius 2 is 1.77 bits per heavy atom. The van der Waals surface area contributed by atoms with Crippen molar-refractivity contribution in [3.05, 3.63) is 58.1 Å². The van der Waals surface area contributed by atoms with Gasteiger partial charge in [-0.2, -0.15) is 0 Å². The van der Waals surface area contributed by atoms with Crippen LogP contribution in [-0.4, -0.2) is 37.2 Å². The molecule has 0 saturated carbocycles. The van der Waals surface area contributed by atoms with Crippen LogP contribution in [0.2, 0.25) is 0 Å². The van der Waals surface area contributed by atoms with Crippen molar-refractivity contribution in [2.75, 3.05) is 7.05 Å². The summed E-state index contributed by atoms with van der Waals surface area (Å²) in [6.07, 6.45) is 0.419. The summed E-state index contributed by atoms with van der Waals surface area (Å²) in [5.41, 5.74) is 0.839. The van der Waals surface area contributed by atoms with Gasteiger partial charge in [-0.05, 0) is 48.2 Å². The number of halogens is 1. The van der Waals surface area contributed by atoms with Crippen molar-refractivity contribution in [2.45, 2.75) is 61.3 Å². The van der Waals surface area contributed by atoms with Crippen LogP contribution in [-0.2, 0) is 20.0 Å². The Balaban J connectivity index is 1.84. The maximum atomic E-state index is 13.7. The molecule has 160 valence electrons. The minimum absolute atomic E-state index is 0.0864. The molecule has 0 radical (unpaired) electrons. The van der Waals surface area contributed by atoms with Crippen LogP contribution in [0.3, 0.4) is 0 Å². The van der Waals surface area contributed by atoms with Crippen molar-refractivity contribution >= 4 is 31.7 Å². The van der Waals surface area contributed by atoms with Gasteiger partial charge in [-0.25, -0.2) is 8.42 Å². The van der Waals surface area contributed by atoms with Crippen molar-refractivity contribution < 1.29 is 17.9 Å². The first-order valence-corrected chi connectivity index (χ1v) is 12.3. The Morgan fingerprint density at radius 1 is 1.13 bits per heavy atom. The van der Waals surface area contributed by atoms with Gasteiger partial charge in [0.05, 0.1) is 4.90 Å². The molecule has 0 spiro atoms. The van der Waals surface area contributed by atoms with E-state index in [1.807, 2.05) is 37.3 Å². The Kier molecular flexibility index (Phi) is 4.86. The van der Waals surface area contributed by atoms with E-state index in [1.165, 1.54) is 4.90 Å². The fraction of sp³-hybridized carbons (Fsp3) is 0.435. The lowest BCUT2D eigenvalue weighted by Gasteiger charge is -2.51. The normalized spacial score (nSPS) is 26.2. The molecule has 2 bridgehead atoms. The second-order valence-corrected chi connectivity index (χ2v) is 12.4. The number of hydrogen-bond donors (Lipinski definition) is 0. The summed E-state index contributed by atoms with van der Waals surface area (Å²) in [7, 11) is -2.28. The monoisotopic (exact) mass is 491 g/mol. The third kappa shape index (κ3) is 3.26. The summed E-state index contributed by atoms with van der Waals surface area (Å²) in [5.74, 6) is -0.286. The molecule has 2 aliphatic heterocycles. The molecule has 1 amide bonds. The summed E-state index contributed by atoms with van der Waals surface area (Å²) in [5, 5.41) is -1.19. The molecule has 5 nitrogen and oxygen atoms in total. The third-order valence-corrected chi connectivity index (χ3v) is 8.95. The van der Waals surface area contributed by atoms with Crippen molar-refractivity contribution in [1.29, 1.82) is 0 Å². The molecule has 0 aliphatic carbocycles. The largest absolute Gasteiger partial charge is 0.468 e. The number of carbonyl (C=O) groups is 1. The number of nitrogens with zero attached hydrogens (tertiary/aromatic N) is 1. The minimum atomic E-state index is -3.90. The average Bonchev–Trinajstić information content (AvgIpc) is 2.66. The molecule has 7 heteroatoms. The SMILES string of the molecule is CN1C(=O)[C@@H](S(=O)(=O)c2ccc(C(C)(C)C)cc2)[C@@H]2C[C@@]1(C)Oc1ccc(Br)cc12. The first-order chi connectivity index (χ1) is 13.8. The van der Waals surface area contributed by atoms with Crippen LogP contribution >= 0.6 is 15.9 Å². The average molecular weight is 492 g/mol. The van der Waals surface area contributed by atoms with Crippen molar-refractivity contribution in [3.8, 4) is 5.75 Å². The minimum Gasteiger partial charge on any atom is -0.468 e. The molecule has 1 saturated heterocycles. The molecule has 0 aromatic heterocycles. The van der Waals surface area contributed by atoms with Crippen molar-refractivity contribution in [2.24, 2.45) is 0 Å². The lowest BCUT2D eigenvalue weighted by Crippen LogP contribution is -2.64. The number of sulfone groups is 1. The fourth-order valence-corrected chi connectivity index (χ4v) is 6.70. The molecule has 1 fully saturated rings. The summed E-state index contributed by atoms with van der Waals surface area (Å²) in [6, 6.07) is 12.5. The number of fused-ring (bicyclic) bond motifs is 4. The predicted molar refractivity (Wildman–Crippen MR) is 119 cm³/mol. The van der Waals surface area contributed by atoms with E-state index in [4.69, 9.17) is 4.74 Å². The van der Waals surface area contributed by atoms with Gasteiger partial charge in [-0.15, -0.1) is 0 Å². The van der Waals surface area contributed by atoms with E-state index in [1.54, 1.807) is 19.2 Å². The van der Waals surface area contributed by atoms with E-state index in [9.17, 15) is 13.2 Å². The van der Waals surface area contributed by atoms with Gasteiger partial charge >= 0.3 is 0 Å². The number of likely N-dealkylation sites (tertiary alicyclic amines) is 1. The predicted octanol–water partition coefficient (Wildman–Crippen LogP) is 4.64.